The minimum absolute atomic E-state index is 0.247. The number of hydrogen-bond donors (Lipinski definition) is 1. The lowest BCUT2D eigenvalue weighted by Gasteiger charge is -2.25. The van der Waals surface area contributed by atoms with Crippen LogP contribution in [0.2, 0.25) is 0 Å². The van der Waals surface area contributed by atoms with Crippen molar-refractivity contribution in [2.45, 2.75) is 51.6 Å². The zero-order chi connectivity index (χ0) is 12.9. The summed E-state index contributed by atoms with van der Waals surface area (Å²) in [6.07, 6.45) is 4.94. The van der Waals surface area contributed by atoms with E-state index in [0.717, 1.165) is 35.9 Å². The molecule has 0 spiro atoms. The van der Waals surface area contributed by atoms with Gasteiger partial charge in [-0.1, -0.05) is 25.6 Å². The van der Waals surface area contributed by atoms with Gasteiger partial charge in [-0.2, -0.15) is 0 Å². The van der Waals surface area contributed by atoms with Crippen LogP contribution in [0.25, 0.3) is 0 Å². The van der Waals surface area contributed by atoms with Crippen molar-refractivity contribution in [3.05, 3.63) is 0 Å². The second-order valence-corrected chi connectivity index (χ2v) is 7.27. The normalized spacial score (nSPS) is 24.6. The highest BCUT2D eigenvalue weighted by molar-refractivity contribution is 8.14. The van der Waals surface area contributed by atoms with Gasteiger partial charge in [0.1, 0.15) is 0 Å². The van der Waals surface area contributed by atoms with Crippen LogP contribution in [0.5, 0.6) is 0 Å². The van der Waals surface area contributed by atoms with Gasteiger partial charge in [0.05, 0.1) is 6.04 Å². The third-order valence-electron chi connectivity index (χ3n) is 3.37. The maximum Gasteiger partial charge on any atom is 0.157 e. The summed E-state index contributed by atoms with van der Waals surface area (Å²) < 4.78 is 11.0. The van der Waals surface area contributed by atoms with Crippen LogP contribution in [0.3, 0.4) is 0 Å². The predicted molar refractivity (Wildman–Crippen MR) is 79.4 cm³/mol. The summed E-state index contributed by atoms with van der Waals surface area (Å²) in [4.78, 5) is 4.67. The summed E-state index contributed by atoms with van der Waals surface area (Å²) in [6, 6.07) is 0.262. The van der Waals surface area contributed by atoms with Crippen LogP contribution in [0.15, 0.2) is 4.99 Å². The molecule has 0 saturated carbocycles. The van der Waals surface area contributed by atoms with E-state index in [1.54, 1.807) is 6.26 Å². The highest BCUT2D eigenvalue weighted by Crippen LogP contribution is 2.29. The summed E-state index contributed by atoms with van der Waals surface area (Å²) in [5.74, 6) is 1.86. The van der Waals surface area contributed by atoms with E-state index in [2.05, 4.69) is 31.1 Å². The first-order valence-electron chi connectivity index (χ1n) is 6.30. The highest BCUT2D eigenvalue weighted by Gasteiger charge is 2.33. The van der Waals surface area contributed by atoms with Crippen LogP contribution in [-0.2, 0) is 10.8 Å². The summed E-state index contributed by atoms with van der Waals surface area (Å²) >= 11 is 1.82. The minimum atomic E-state index is -0.704. The van der Waals surface area contributed by atoms with Gasteiger partial charge in [-0.15, -0.1) is 0 Å². The Morgan fingerprint density at radius 2 is 2.18 bits per heavy atom. The lowest BCUT2D eigenvalue weighted by Crippen LogP contribution is -2.42. The molecule has 2 unspecified atom stereocenters. The van der Waals surface area contributed by atoms with Gasteiger partial charge < -0.3 is 5.32 Å². The van der Waals surface area contributed by atoms with Crippen molar-refractivity contribution < 1.29 is 4.21 Å². The fourth-order valence-corrected chi connectivity index (χ4v) is 3.92. The molecule has 0 aromatic heterocycles. The molecule has 100 valence electrons. The van der Waals surface area contributed by atoms with Gasteiger partial charge in [-0.25, -0.2) is 0 Å². The Morgan fingerprint density at radius 3 is 2.65 bits per heavy atom. The maximum absolute atomic E-state index is 11.0. The van der Waals surface area contributed by atoms with Crippen molar-refractivity contribution in [3.8, 4) is 0 Å². The number of hydrogen-bond acceptors (Lipinski definition) is 3. The average Bonchev–Trinajstić information content (AvgIpc) is 2.70. The third-order valence-corrected chi connectivity index (χ3v) is 5.36. The monoisotopic (exact) mass is 276 g/mol. The molecule has 0 aromatic carbocycles. The first-order chi connectivity index (χ1) is 8.01. The Bertz CT molecular complexity index is 301. The van der Waals surface area contributed by atoms with Gasteiger partial charge >= 0.3 is 0 Å². The van der Waals surface area contributed by atoms with E-state index in [1.165, 1.54) is 0 Å². The molecule has 3 nitrogen and oxygen atoms in total. The van der Waals surface area contributed by atoms with Crippen molar-refractivity contribution >= 4 is 27.7 Å². The molecule has 1 N–H and O–H groups in total. The number of aliphatic imine (C=N–C) groups is 1. The molecule has 5 heteroatoms. The fourth-order valence-electron chi connectivity index (χ4n) is 1.81. The van der Waals surface area contributed by atoms with Crippen molar-refractivity contribution in [2.75, 3.05) is 17.8 Å². The number of amidine groups is 1. The van der Waals surface area contributed by atoms with E-state index in [4.69, 9.17) is 0 Å². The maximum atomic E-state index is 11.0. The van der Waals surface area contributed by atoms with E-state index in [0.29, 0.717) is 0 Å². The molecule has 2 atom stereocenters. The third kappa shape index (κ3) is 4.62. The van der Waals surface area contributed by atoms with Crippen molar-refractivity contribution in [2.24, 2.45) is 4.99 Å². The summed E-state index contributed by atoms with van der Waals surface area (Å²) in [5, 5.41) is 4.63. The van der Waals surface area contributed by atoms with E-state index in [1.807, 2.05) is 11.8 Å². The Morgan fingerprint density at radius 1 is 1.53 bits per heavy atom. The number of nitrogens with zero attached hydrogens (tertiary/aromatic N) is 1. The SMILES string of the molecule is CCC1(CC)CSC(=NC(C)CCS(C)=O)N1. The molecular weight excluding hydrogens is 252 g/mol. The predicted octanol–water partition coefficient (Wildman–Crippen LogP) is 2.39. The zero-order valence-corrected chi connectivity index (χ0v) is 12.9. The Kier molecular flexibility index (Phi) is 6.00. The molecule has 1 aliphatic rings. The molecule has 1 fully saturated rings. The summed E-state index contributed by atoms with van der Waals surface area (Å²) in [7, 11) is -0.704. The van der Waals surface area contributed by atoms with Gasteiger partial charge in [0.25, 0.3) is 0 Å². The summed E-state index contributed by atoms with van der Waals surface area (Å²) in [6.45, 7) is 6.55. The van der Waals surface area contributed by atoms with Gasteiger partial charge in [-0.05, 0) is 26.2 Å². The summed E-state index contributed by atoms with van der Waals surface area (Å²) in [5.41, 5.74) is 0.247. The van der Waals surface area contributed by atoms with E-state index in [9.17, 15) is 4.21 Å². The molecule has 1 heterocycles. The standard InChI is InChI=1S/C12H24N2OS2/c1-5-12(6-2)9-16-11(14-12)13-10(3)7-8-17(4)15/h10H,5-9H2,1-4H3,(H,13,14). The van der Waals surface area contributed by atoms with Gasteiger partial charge in [0.15, 0.2) is 5.17 Å². The van der Waals surface area contributed by atoms with Gasteiger partial charge in [0.2, 0.25) is 0 Å². The zero-order valence-electron chi connectivity index (χ0n) is 11.3. The molecule has 0 aromatic rings. The van der Waals surface area contributed by atoms with Crippen molar-refractivity contribution in [1.82, 2.24) is 5.32 Å². The lowest BCUT2D eigenvalue weighted by atomic mass is 9.96. The fraction of sp³-hybridized carbons (Fsp3) is 0.917. The first-order valence-corrected chi connectivity index (χ1v) is 9.01. The number of nitrogens with one attached hydrogen (secondary N) is 1. The van der Waals surface area contributed by atoms with E-state index < -0.39 is 10.8 Å². The molecule has 1 rings (SSSR count). The van der Waals surface area contributed by atoms with Gasteiger partial charge in [-0.3, -0.25) is 9.20 Å². The second-order valence-electron chi connectivity index (χ2n) is 4.75. The largest absolute Gasteiger partial charge is 0.359 e. The van der Waals surface area contributed by atoms with Crippen LogP contribution in [0, 0.1) is 0 Å². The van der Waals surface area contributed by atoms with Crippen molar-refractivity contribution in [3.63, 3.8) is 0 Å². The molecule has 17 heavy (non-hydrogen) atoms. The lowest BCUT2D eigenvalue weighted by molar-refractivity contribution is 0.407. The van der Waals surface area contributed by atoms with Crippen LogP contribution in [0.4, 0.5) is 0 Å². The number of thioether (sulfide) groups is 1. The smallest absolute Gasteiger partial charge is 0.157 e. The Balaban J connectivity index is 2.49. The first kappa shape index (κ1) is 15.0. The van der Waals surface area contributed by atoms with E-state index in [-0.39, 0.29) is 11.6 Å². The number of rotatable bonds is 6. The van der Waals surface area contributed by atoms with Crippen LogP contribution >= 0.6 is 11.8 Å². The highest BCUT2D eigenvalue weighted by atomic mass is 32.2. The molecule has 0 radical (unpaired) electrons. The molecule has 1 saturated heterocycles. The Labute approximate surface area is 112 Å². The van der Waals surface area contributed by atoms with E-state index >= 15 is 0 Å². The van der Waals surface area contributed by atoms with Crippen LogP contribution in [-0.4, -0.2) is 38.7 Å². The topological polar surface area (TPSA) is 41.5 Å². The van der Waals surface area contributed by atoms with Crippen molar-refractivity contribution in [1.29, 1.82) is 0 Å². The molecular formula is C12H24N2OS2. The molecule has 1 aliphatic heterocycles. The molecule has 0 aliphatic carbocycles. The second kappa shape index (κ2) is 6.78. The van der Waals surface area contributed by atoms with Crippen LogP contribution < -0.4 is 5.32 Å². The van der Waals surface area contributed by atoms with Crippen LogP contribution in [0.1, 0.15) is 40.0 Å². The Hall–Kier alpha value is -0.0300. The molecule has 0 amide bonds. The van der Waals surface area contributed by atoms with Gasteiger partial charge in [0, 0.05) is 34.1 Å². The molecule has 0 bridgehead atoms. The quantitative estimate of drug-likeness (QED) is 0.810. The average molecular weight is 276 g/mol. The minimum Gasteiger partial charge on any atom is -0.359 e.